The molecule has 3 heteroatoms. The Morgan fingerprint density at radius 3 is 1.59 bits per heavy atom. The van der Waals surface area contributed by atoms with Crippen molar-refractivity contribution in [3.05, 3.63) is 46.6 Å². The lowest BCUT2D eigenvalue weighted by Gasteiger charge is -2.06. The summed E-state index contributed by atoms with van der Waals surface area (Å²) in [6, 6.07) is 0. The predicted octanol–water partition coefficient (Wildman–Crippen LogP) is 3.16. The molecule has 1 aliphatic heterocycles. The van der Waals surface area contributed by atoms with Gasteiger partial charge in [0.05, 0.1) is 0 Å². The maximum Gasteiger partial charge on any atom is 0.128 e. The van der Waals surface area contributed by atoms with E-state index in [1.165, 1.54) is 0 Å². The number of aliphatic hydroxyl groups excluding tert-OH is 2. The van der Waals surface area contributed by atoms with Crippen molar-refractivity contribution in [2.24, 2.45) is 0 Å². The monoisotopic (exact) mass is 252 g/mol. The fourth-order valence-electron chi connectivity index (χ4n) is 1.52. The molecule has 1 aliphatic rings. The molecule has 0 aromatic heterocycles. The Bertz CT molecular complexity index is 364. The van der Waals surface area contributed by atoms with Gasteiger partial charge in [-0.05, 0) is 38.8 Å². The summed E-state index contributed by atoms with van der Waals surface area (Å²) in [5, 5.41) is 19.8. The Morgan fingerprint density at radius 2 is 1.29 bits per heavy atom. The van der Waals surface area contributed by atoms with Gasteiger partial charge in [0.2, 0.25) is 0 Å². The van der Waals surface area contributed by atoms with E-state index in [4.69, 9.17) is 0 Å². The van der Waals surface area contributed by atoms with E-state index in [0.717, 1.165) is 34.1 Å². The van der Waals surface area contributed by atoms with Gasteiger partial charge >= 0.3 is 0 Å². The van der Waals surface area contributed by atoms with Gasteiger partial charge in [-0.1, -0.05) is 47.2 Å². The van der Waals surface area contributed by atoms with Crippen molar-refractivity contribution in [3.63, 3.8) is 0 Å². The van der Waals surface area contributed by atoms with Crippen LogP contribution in [0.1, 0.15) is 27.7 Å². The van der Waals surface area contributed by atoms with Crippen molar-refractivity contribution >= 4 is 11.8 Å². The fraction of sp³-hybridized carbons (Fsp3) is 0.429. The zero-order valence-corrected chi connectivity index (χ0v) is 11.6. The molecular weight excluding hydrogens is 232 g/mol. The van der Waals surface area contributed by atoms with E-state index in [1.54, 1.807) is 0 Å². The Balaban J connectivity index is 3.16. The van der Waals surface area contributed by atoms with Gasteiger partial charge in [-0.2, -0.15) is 0 Å². The van der Waals surface area contributed by atoms with Crippen molar-refractivity contribution < 1.29 is 10.2 Å². The average molecular weight is 252 g/mol. The third-order valence-corrected chi connectivity index (χ3v) is 3.82. The molecule has 0 bridgehead atoms. The second kappa shape index (κ2) is 6.24. The standard InChI is InChI=1S/C14H20O2S/c1-5-9(3)7-11-12(8-10(4)6-2)14(16)17-13(11)15/h5-8,13-16H,1-4H3. The minimum atomic E-state index is -0.643. The molecule has 1 heterocycles. The van der Waals surface area contributed by atoms with Gasteiger partial charge in [0.1, 0.15) is 10.9 Å². The third-order valence-electron chi connectivity index (χ3n) is 2.80. The van der Waals surface area contributed by atoms with Gasteiger partial charge in [0, 0.05) is 0 Å². The first kappa shape index (κ1) is 14.3. The van der Waals surface area contributed by atoms with E-state index in [9.17, 15) is 10.2 Å². The molecule has 0 aliphatic carbocycles. The second-order valence-electron chi connectivity index (χ2n) is 4.11. The van der Waals surface area contributed by atoms with Crippen molar-refractivity contribution in [1.82, 2.24) is 0 Å². The molecule has 0 spiro atoms. The van der Waals surface area contributed by atoms with Crippen LogP contribution in [-0.2, 0) is 0 Å². The summed E-state index contributed by atoms with van der Waals surface area (Å²) >= 11 is 1.16. The van der Waals surface area contributed by atoms with Gasteiger partial charge in [-0.15, -0.1) is 0 Å². The zero-order valence-electron chi connectivity index (χ0n) is 10.8. The van der Waals surface area contributed by atoms with Crippen LogP contribution in [-0.4, -0.2) is 21.1 Å². The van der Waals surface area contributed by atoms with Gasteiger partial charge in [-0.25, -0.2) is 0 Å². The average Bonchev–Trinajstić information content (AvgIpc) is 2.55. The van der Waals surface area contributed by atoms with Crippen molar-refractivity contribution in [2.75, 3.05) is 0 Å². The summed E-state index contributed by atoms with van der Waals surface area (Å²) in [5.74, 6) is 0. The SMILES string of the molecule is CC=C(C)C=C1C(=CC(C)=CC)C(O)SC1O. The molecule has 0 amide bonds. The molecule has 0 saturated carbocycles. The zero-order chi connectivity index (χ0) is 13.0. The lowest BCUT2D eigenvalue weighted by atomic mass is 10.0. The highest BCUT2D eigenvalue weighted by molar-refractivity contribution is 8.00. The Labute approximate surface area is 107 Å². The van der Waals surface area contributed by atoms with Gasteiger partial charge in [-0.3, -0.25) is 0 Å². The van der Waals surface area contributed by atoms with Crippen molar-refractivity contribution in [1.29, 1.82) is 0 Å². The first-order chi connectivity index (χ1) is 7.99. The van der Waals surface area contributed by atoms with Gasteiger partial charge in [0.15, 0.2) is 0 Å². The summed E-state index contributed by atoms with van der Waals surface area (Å²) in [4.78, 5) is 0. The van der Waals surface area contributed by atoms with Crippen LogP contribution in [0.25, 0.3) is 0 Å². The topological polar surface area (TPSA) is 40.5 Å². The Morgan fingerprint density at radius 1 is 0.941 bits per heavy atom. The molecule has 2 unspecified atom stereocenters. The van der Waals surface area contributed by atoms with Crippen LogP contribution in [0.3, 0.4) is 0 Å². The number of aliphatic hydroxyl groups is 2. The molecule has 2 nitrogen and oxygen atoms in total. The van der Waals surface area contributed by atoms with Crippen LogP contribution in [0.5, 0.6) is 0 Å². The number of thioether (sulfide) groups is 1. The van der Waals surface area contributed by atoms with E-state index < -0.39 is 10.9 Å². The molecule has 1 fully saturated rings. The number of rotatable bonds is 2. The third kappa shape index (κ3) is 3.60. The molecule has 94 valence electrons. The summed E-state index contributed by atoms with van der Waals surface area (Å²) in [6.45, 7) is 7.88. The summed E-state index contributed by atoms with van der Waals surface area (Å²) in [5.41, 5.74) is 2.49. The minimum Gasteiger partial charge on any atom is -0.378 e. The quantitative estimate of drug-likeness (QED) is 0.793. The number of allylic oxidation sites excluding steroid dienone is 6. The lowest BCUT2D eigenvalue weighted by molar-refractivity contribution is 0.301. The van der Waals surface area contributed by atoms with Crippen molar-refractivity contribution in [2.45, 2.75) is 38.6 Å². The molecule has 2 N–H and O–H groups in total. The molecule has 0 aromatic carbocycles. The van der Waals surface area contributed by atoms with E-state index in [2.05, 4.69) is 0 Å². The first-order valence-electron chi connectivity index (χ1n) is 5.70. The molecule has 0 radical (unpaired) electrons. The highest BCUT2D eigenvalue weighted by Gasteiger charge is 2.31. The normalized spacial score (nSPS) is 31.6. The Kier molecular flexibility index (Phi) is 5.25. The van der Waals surface area contributed by atoms with Crippen LogP contribution in [0.15, 0.2) is 46.6 Å². The molecule has 1 rings (SSSR count). The number of hydrogen-bond donors (Lipinski definition) is 2. The lowest BCUT2D eigenvalue weighted by Crippen LogP contribution is -2.01. The summed E-state index contributed by atoms with van der Waals surface area (Å²) in [6.07, 6.45) is 7.83. The molecule has 1 saturated heterocycles. The maximum absolute atomic E-state index is 9.91. The summed E-state index contributed by atoms with van der Waals surface area (Å²) in [7, 11) is 0. The summed E-state index contributed by atoms with van der Waals surface area (Å²) < 4.78 is 0. The van der Waals surface area contributed by atoms with Crippen molar-refractivity contribution in [3.8, 4) is 0 Å². The molecule has 2 atom stereocenters. The minimum absolute atomic E-state index is 0.643. The predicted molar refractivity (Wildman–Crippen MR) is 74.6 cm³/mol. The van der Waals surface area contributed by atoms with Crippen LogP contribution in [0.4, 0.5) is 0 Å². The number of hydrogen-bond acceptors (Lipinski definition) is 3. The van der Waals surface area contributed by atoms with Gasteiger partial charge in [0.25, 0.3) is 0 Å². The second-order valence-corrected chi connectivity index (χ2v) is 5.27. The fourth-order valence-corrected chi connectivity index (χ4v) is 2.47. The molecule has 0 aromatic rings. The van der Waals surface area contributed by atoms with Crippen LogP contribution >= 0.6 is 11.8 Å². The highest BCUT2D eigenvalue weighted by Crippen LogP contribution is 2.40. The maximum atomic E-state index is 9.91. The van der Waals surface area contributed by atoms with E-state index in [1.807, 2.05) is 52.0 Å². The smallest absolute Gasteiger partial charge is 0.128 e. The largest absolute Gasteiger partial charge is 0.378 e. The van der Waals surface area contributed by atoms with Crippen LogP contribution in [0, 0.1) is 0 Å². The van der Waals surface area contributed by atoms with E-state index in [0.29, 0.717) is 0 Å². The first-order valence-corrected chi connectivity index (χ1v) is 6.64. The Hall–Kier alpha value is -0.770. The van der Waals surface area contributed by atoms with Crippen LogP contribution < -0.4 is 0 Å². The van der Waals surface area contributed by atoms with E-state index >= 15 is 0 Å². The molecule has 17 heavy (non-hydrogen) atoms. The van der Waals surface area contributed by atoms with Crippen LogP contribution in [0.2, 0.25) is 0 Å². The highest BCUT2D eigenvalue weighted by atomic mass is 32.2. The van der Waals surface area contributed by atoms with E-state index in [-0.39, 0.29) is 0 Å². The van der Waals surface area contributed by atoms with Gasteiger partial charge < -0.3 is 10.2 Å². The molecular formula is C14H20O2S.